The lowest BCUT2D eigenvalue weighted by atomic mass is 9.94. The van der Waals surface area contributed by atoms with E-state index in [1.807, 2.05) is 29.7 Å². The van der Waals surface area contributed by atoms with E-state index < -0.39 is 0 Å². The smallest absolute Gasteiger partial charge is 0.294 e. The van der Waals surface area contributed by atoms with Gasteiger partial charge in [-0.2, -0.15) is 0 Å². The van der Waals surface area contributed by atoms with E-state index in [1.54, 1.807) is 12.2 Å². The molecule has 1 aromatic rings. The van der Waals surface area contributed by atoms with E-state index in [0.717, 1.165) is 42.6 Å². The van der Waals surface area contributed by atoms with Gasteiger partial charge in [0.2, 0.25) is 0 Å². The zero-order valence-electron chi connectivity index (χ0n) is 15.0. The number of nitrogens with zero attached hydrogens (tertiary/aromatic N) is 2. The molecule has 4 nitrogen and oxygen atoms in total. The molecule has 1 aromatic heterocycles. The third-order valence-corrected chi connectivity index (χ3v) is 4.45. The summed E-state index contributed by atoms with van der Waals surface area (Å²) in [6, 6.07) is 0.189. The molecule has 4 heteroatoms. The maximum Gasteiger partial charge on any atom is 0.294 e. The molecular weight excluding hydrogens is 310 g/mol. The number of anilines is 1. The lowest BCUT2D eigenvalue weighted by Crippen LogP contribution is -2.32. The minimum absolute atomic E-state index is 0.102. The van der Waals surface area contributed by atoms with Crippen molar-refractivity contribution in [3.05, 3.63) is 78.1 Å². The van der Waals surface area contributed by atoms with E-state index in [4.69, 9.17) is 0 Å². The van der Waals surface area contributed by atoms with Crippen molar-refractivity contribution < 1.29 is 0 Å². The molecule has 0 aliphatic heterocycles. The molecule has 1 aliphatic rings. The quantitative estimate of drug-likeness (QED) is 0.718. The molecule has 0 aromatic carbocycles. The number of nitrogens with one attached hydrogen (secondary N) is 1. The largest absolute Gasteiger partial charge is 0.343 e. The van der Waals surface area contributed by atoms with E-state index in [2.05, 4.69) is 30.0 Å². The molecule has 132 valence electrons. The van der Waals surface area contributed by atoms with Crippen LogP contribution in [-0.2, 0) is 0 Å². The van der Waals surface area contributed by atoms with Crippen molar-refractivity contribution in [3.63, 3.8) is 0 Å². The first-order valence-electron chi connectivity index (χ1n) is 8.76. The van der Waals surface area contributed by atoms with Crippen LogP contribution < -0.4 is 10.9 Å². The van der Waals surface area contributed by atoms with E-state index in [9.17, 15) is 4.79 Å². The van der Waals surface area contributed by atoms with Gasteiger partial charge in [-0.25, -0.2) is 4.98 Å². The van der Waals surface area contributed by atoms with Gasteiger partial charge in [0.25, 0.3) is 5.56 Å². The van der Waals surface area contributed by atoms with Gasteiger partial charge < -0.3 is 9.88 Å². The van der Waals surface area contributed by atoms with Crippen LogP contribution in [-0.4, -0.2) is 9.55 Å². The Morgan fingerprint density at radius 2 is 1.92 bits per heavy atom. The first kappa shape index (κ1) is 18.7. The van der Waals surface area contributed by atoms with Gasteiger partial charge in [0.1, 0.15) is 0 Å². The average Bonchev–Trinajstić information content (AvgIpc) is 2.62. The van der Waals surface area contributed by atoms with Crippen LogP contribution in [0.1, 0.15) is 49.5 Å². The Morgan fingerprint density at radius 1 is 1.20 bits per heavy atom. The maximum absolute atomic E-state index is 13.1. The number of hydrogen-bond donors (Lipinski definition) is 1. The van der Waals surface area contributed by atoms with Crippen molar-refractivity contribution in [1.82, 2.24) is 9.55 Å². The molecule has 1 saturated carbocycles. The second kappa shape index (κ2) is 9.02. The summed E-state index contributed by atoms with van der Waals surface area (Å²) in [5.41, 5.74) is 2.46. The lowest BCUT2D eigenvalue weighted by Gasteiger charge is -2.28. The molecule has 0 bridgehead atoms. The van der Waals surface area contributed by atoms with Crippen LogP contribution in [0.15, 0.2) is 61.1 Å². The van der Waals surface area contributed by atoms with Crippen LogP contribution >= 0.6 is 0 Å². The highest BCUT2D eigenvalue weighted by Crippen LogP contribution is 2.31. The van der Waals surface area contributed by atoms with Gasteiger partial charge in [0.05, 0.1) is 11.4 Å². The zero-order valence-corrected chi connectivity index (χ0v) is 15.0. The van der Waals surface area contributed by atoms with E-state index in [-0.39, 0.29) is 11.6 Å². The first-order valence-corrected chi connectivity index (χ1v) is 8.76. The summed E-state index contributed by atoms with van der Waals surface area (Å²) in [4.78, 5) is 17.6. The predicted octanol–water partition coefficient (Wildman–Crippen LogP) is 4.92. The van der Waals surface area contributed by atoms with Gasteiger partial charge in [-0.05, 0) is 26.0 Å². The first-order chi connectivity index (χ1) is 12.1. The van der Waals surface area contributed by atoms with Gasteiger partial charge in [0, 0.05) is 11.6 Å². The minimum atomic E-state index is -0.102. The number of rotatable bonds is 7. The standard InChI is InChI=1S/C21H27N3O/c1-5-8-13-17(12-6-2)19-16(4)23-20(22-7-3)21(25)24(19)18-14-10-9-11-15-18/h5-8,12-13,18H,1-3,9-11,14-15H2,4H3,(H,22,23)/b13-8-,17-12+. The summed E-state index contributed by atoms with van der Waals surface area (Å²) in [6.45, 7) is 13.1. The molecule has 0 spiro atoms. The maximum atomic E-state index is 13.1. The van der Waals surface area contributed by atoms with Crippen molar-refractivity contribution >= 4 is 11.4 Å². The number of hydrogen-bond acceptors (Lipinski definition) is 3. The average molecular weight is 337 g/mol. The zero-order chi connectivity index (χ0) is 18.2. The molecule has 1 N–H and O–H groups in total. The fourth-order valence-electron chi connectivity index (χ4n) is 3.40. The second-order valence-corrected chi connectivity index (χ2v) is 6.16. The third kappa shape index (κ3) is 4.27. The normalized spacial score (nSPS) is 16.0. The minimum Gasteiger partial charge on any atom is -0.343 e. The van der Waals surface area contributed by atoms with Gasteiger partial charge in [-0.1, -0.05) is 69.4 Å². The molecule has 0 saturated heterocycles. The van der Waals surface area contributed by atoms with Crippen molar-refractivity contribution in [2.24, 2.45) is 0 Å². The predicted molar refractivity (Wildman–Crippen MR) is 107 cm³/mol. The highest BCUT2D eigenvalue weighted by molar-refractivity contribution is 5.75. The molecule has 2 rings (SSSR count). The molecular formula is C21H27N3O. The second-order valence-electron chi connectivity index (χ2n) is 6.16. The molecule has 0 atom stereocenters. The fraction of sp³-hybridized carbons (Fsp3) is 0.333. The Kier molecular flexibility index (Phi) is 6.75. The van der Waals surface area contributed by atoms with Crippen molar-refractivity contribution in [2.45, 2.75) is 45.1 Å². The molecule has 0 radical (unpaired) electrons. The van der Waals surface area contributed by atoms with E-state index >= 15 is 0 Å². The topological polar surface area (TPSA) is 46.9 Å². The fourth-order valence-corrected chi connectivity index (χ4v) is 3.40. The number of aryl methyl sites for hydroxylation is 1. The number of allylic oxidation sites excluding steroid dienone is 6. The van der Waals surface area contributed by atoms with Crippen LogP contribution in [0, 0.1) is 6.92 Å². The summed E-state index contributed by atoms with van der Waals surface area (Å²) in [7, 11) is 0. The molecule has 1 fully saturated rings. The summed E-state index contributed by atoms with van der Waals surface area (Å²) >= 11 is 0. The van der Waals surface area contributed by atoms with Crippen LogP contribution in [0.4, 0.5) is 5.82 Å². The van der Waals surface area contributed by atoms with Gasteiger partial charge in [-0.15, -0.1) is 0 Å². The van der Waals surface area contributed by atoms with E-state index in [0.29, 0.717) is 5.82 Å². The molecule has 0 amide bonds. The Hall–Kier alpha value is -2.62. The number of aromatic nitrogens is 2. The van der Waals surface area contributed by atoms with Crippen LogP contribution in [0.25, 0.3) is 5.57 Å². The highest BCUT2D eigenvalue weighted by atomic mass is 16.1. The monoisotopic (exact) mass is 337 g/mol. The van der Waals surface area contributed by atoms with Crippen molar-refractivity contribution in [3.8, 4) is 0 Å². The summed E-state index contributed by atoms with van der Waals surface area (Å²) < 4.78 is 1.91. The van der Waals surface area contributed by atoms with Crippen LogP contribution in [0.3, 0.4) is 0 Å². The van der Waals surface area contributed by atoms with Crippen molar-refractivity contribution in [2.75, 3.05) is 5.32 Å². The lowest BCUT2D eigenvalue weighted by molar-refractivity contribution is 0.343. The van der Waals surface area contributed by atoms with Gasteiger partial charge in [-0.3, -0.25) is 4.79 Å². The molecule has 0 unspecified atom stereocenters. The molecule has 1 aliphatic carbocycles. The van der Waals surface area contributed by atoms with E-state index in [1.165, 1.54) is 12.6 Å². The van der Waals surface area contributed by atoms with Crippen LogP contribution in [0.5, 0.6) is 0 Å². The summed E-state index contributed by atoms with van der Waals surface area (Å²) in [5.74, 6) is 0.326. The SMILES string of the molecule is C=C/C=C\C(=C/C=C)c1c(C)nc(NC=C)c(=O)n1C1CCCCC1. The Labute approximate surface area is 150 Å². The van der Waals surface area contributed by atoms with Gasteiger partial charge >= 0.3 is 0 Å². The summed E-state index contributed by atoms with van der Waals surface area (Å²) in [6.07, 6.45) is 16.2. The summed E-state index contributed by atoms with van der Waals surface area (Å²) in [5, 5.41) is 2.88. The Balaban J connectivity index is 2.73. The highest BCUT2D eigenvalue weighted by Gasteiger charge is 2.23. The third-order valence-electron chi connectivity index (χ3n) is 4.45. The van der Waals surface area contributed by atoms with Gasteiger partial charge in [0.15, 0.2) is 5.82 Å². The molecule has 1 heterocycles. The molecule has 25 heavy (non-hydrogen) atoms. The Morgan fingerprint density at radius 3 is 2.52 bits per heavy atom. The Bertz CT molecular complexity index is 762. The van der Waals surface area contributed by atoms with Crippen LogP contribution in [0.2, 0.25) is 0 Å². The van der Waals surface area contributed by atoms with Crippen molar-refractivity contribution in [1.29, 1.82) is 0 Å².